The summed E-state index contributed by atoms with van der Waals surface area (Å²) in [5, 5.41) is 5.91. The Hall–Kier alpha value is -2.63. The first-order valence-corrected chi connectivity index (χ1v) is 8.93. The van der Waals surface area contributed by atoms with Crippen LogP contribution in [0.4, 0.5) is 11.4 Å². The predicted molar refractivity (Wildman–Crippen MR) is 108 cm³/mol. The van der Waals surface area contributed by atoms with E-state index in [-0.39, 0.29) is 11.8 Å². The molecule has 0 atom stereocenters. The molecule has 3 rings (SSSR count). The Balaban J connectivity index is 1.81. The standard InChI is InChI=1S/C20H14BrClN2O2/c21-13-9-11-14(12-10-13)23-20(26)16-6-2-4-8-18(16)24-19(25)15-5-1-3-7-17(15)22/h1-12H,(H,23,26)(H,24,25). The Morgan fingerprint density at radius 2 is 1.31 bits per heavy atom. The van der Waals surface area contributed by atoms with Gasteiger partial charge in [-0.1, -0.05) is 51.8 Å². The zero-order chi connectivity index (χ0) is 18.5. The monoisotopic (exact) mass is 428 g/mol. The van der Waals surface area contributed by atoms with Gasteiger partial charge in [-0.25, -0.2) is 0 Å². The Labute approximate surface area is 164 Å². The van der Waals surface area contributed by atoms with Gasteiger partial charge in [0.1, 0.15) is 0 Å². The van der Waals surface area contributed by atoms with Gasteiger partial charge in [0.05, 0.1) is 21.8 Å². The molecule has 26 heavy (non-hydrogen) atoms. The van der Waals surface area contributed by atoms with E-state index in [4.69, 9.17) is 11.6 Å². The number of hydrogen-bond donors (Lipinski definition) is 2. The minimum absolute atomic E-state index is 0.317. The van der Waals surface area contributed by atoms with Crippen LogP contribution in [-0.4, -0.2) is 11.8 Å². The fourth-order valence-electron chi connectivity index (χ4n) is 2.36. The number of rotatable bonds is 4. The maximum atomic E-state index is 12.6. The van der Waals surface area contributed by atoms with E-state index < -0.39 is 0 Å². The number of amides is 2. The van der Waals surface area contributed by atoms with Crippen LogP contribution in [0.5, 0.6) is 0 Å². The smallest absolute Gasteiger partial charge is 0.257 e. The molecule has 6 heteroatoms. The van der Waals surface area contributed by atoms with Crippen molar-refractivity contribution < 1.29 is 9.59 Å². The third-order valence-electron chi connectivity index (χ3n) is 3.64. The van der Waals surface area contributed by atoms with E-state index in [2.05, 4.69) is 26.6 Å². The van der Waals surface area contributed by atoms with Crippen molar-refractivity contribution in [3.63, 3.8) is 0 Å². The molecule has 0 aliphatic carbocycles. The van der Waals surface area contributed by atoms with Crippen molar-refractivity contribution in [2.24, 2.45) is 0 Å². The molecule has 0 aromatic heterocycles. The highest BCUT2D eigenvalue weighted by Crippen LogP contribution is 2.21. The first kappa shape index (κ1) is 18.2. The van der Waals surface area contributed by atoms with Crippen LogP contribution in [0.2, 0.25) is 5.02 Å². The summed E-state index contributed by atoms with van der Waals surface area (Å²) in [5.41, 5.74) is 1.77. The molecule has 0 aliphatic rings. The second-order valence-corrected chi connectivity index (χ2v) is 6.76. The molecular formula is C20H14BrClN2O2. The van der Waals surface area contributed by atoms with Gasteiger partial charge in [-0.05, 0) is 48.5 Å². The van der Waals surface area contributed by atoms with E-state index in [1.54, 1.807) is 60.7 Å². The van der Waals surface area contributed by atoms with Crippen molar-refractivity contribution in [1.29, 1.82) is 0 Å². The van der Waals surface area contributed by atoms with Crippen LogP contribution in [0.1, 0.15) is 20.7 Å². The Kier molecular flexibility index (Phi) is 5.71. The SMILES string of the molecule is O=C(Nc1ccccc1C(=O)Nc1ccc(Br)cc1)c1ccccc1Cl. The van der Waals surface area contributed by atoms with Crippen molar-refractivity contribution in [1.82, 2.24) is 0 Å². The molecule has 130 valence electrons. The van der Waals surface area contributed by atoms with E-state index in [1.165, 1.54) is 0 Å². The van der Waals surface area contributed by atoms with Gasteiger partial charge in [0.15, 0.2) is 0 Å². The van der Waals surface area contributed by atoms with Gasteiger partial charge >= 0.3 is 0 Å². The highest BCUT2D eigenvalue weighted by Gasteiger charge is 2.15. The molecule has 2 amide bonds. The summed E-state index contributed by atoms with van der Waals surface area (Å²) in [7, 11) is 0. The van der Waals surface area contributed by atoms with Crippen molar-refractivity contribution in [3.8, 4) is 0 Å². The molecule has 0 aliphatic heterocycles. The Morgan fingerprint density at radius 1 is 0.731 bits per heavy atom. The summed E-state index contributed by atoms with van der Waals surface area (Å²) in [6.07, 6.45) is 0. The quantitative estimate of drug-likeness (QED) is 0.566. The van der Waals surface area contributed by atoms with Crippen LogP contribution in [0.3, 0.4) is 0 Å². The molecule has 0 saturated carbocycles. The average Bonchev–Trinajstić information content (AvgIpc) is 2.64. The van der Waals surface area contributed by atoms with E-state index in [1.807, 2.05) is 12.1 Å². The average molecular weight is 430 g/mol. The fourth-order valence-corrected chi connectivity index (χ4v) is 2.84. The number of carbonyl (C=O) groups is 2. The van der Waals surface area contributed by atoms with Gasteiger partial charge in [0, 0.05) is 10.2 Å². The van der Waals surface area contributed by atoms with E-state index in [0.29, 0.717) is 27.5 Å². The lowest BCUT2D eigenvalue weighted by Gasteiger charge is -2.12. The second-order valence-electron chi connectivity index (χ2n) is 5.44. The number of carbonyl (C=O) groups excluding carboxylic acids is 2. The highest BCUT2D eigenvalue weighted by atomic mass is 79.9. The third kappa shape index (κ3) is 4.31. The molecule has 0 unspecified atom stereocenters. The van der Waals surface area contributed by atoms with Crippen LogP contribution in [-0.2, 0) is 0 Å². The summed E-state index contributed by atoms with van der Waals surface area (Å²) >= 11 is 9.42. The van der Waals surface area contributed by atoms with Crippen LogP contribution in [0, 0.1) is 0 Å². The normalized spacial score (nSPS) is 10.2. The highest BCUT2D eigenvalue weighted by molar-refractivity contribution is 9.10. The molecule has 3 aromatic carbocycles. The number of hydrogen-bond acceptors (Lipinski definition) is 2. The van der Waals surface area contributed by atoms with Gasteiger partial charge in [0.2, 0.25) is 0 Å². The second kappa shape index (κ2) is 8.17. The lowest BCUT2D eigenvalue weighted by Crippen LogP contribution is -2.18. The van der Waals surface area contributed by atoms with E-state index >= 15 is 0 Å². The molecule has 0 bridgehead atoms. The first-order valence-electron chi connectivity index (χ1n) is 7.76. The maximum absolute atomic E-state index is 12.6. The molecule has 0 saturated heterocycles. The van der Waals surface area contributed by atoms with Gasteiger partial charge in [-0.3, -0.25) is 9.59 Å². The minimum atomic E-state index is -0.375. The Morgan fingerprint density at radius 3 is 2.00 bits per heavy atom. The zero-order valence-electron chi connectivity index (χ0n) is 13.5. The first-order chi connectivity index (χ1) is 12.5. The Bertz CT molecular complexity index is 958. The van der Waals surface area contributed by atoms with Crippen molar-refractivity contribution in [3.05, 3.63) is 93.4 Å². The number of para-hydroxylation sites is 1. The lowest BCUT2D eigenvalue weighted by atomic mass is 10.1. The van der Waals surface area contributed by atoms with Gasteiger partial charge < -0.3 is 10.6 Å². The largest absolute Gasteiger partial charge is 0.322 e. The number of nitrogens with one attached hydrogen (secondary N) is 2. The molecule has 2 N–H and O–H groups in total. The van der Waals surface area contributed by atoms with Crippen LogP contribution >= 0.6 is 27.5 Å². The zero-order valence-corrected chi connectivity index (χ0v) is 15.8. The number of anilines is 2. The van der Waals surface area contributed by atoms with Gasteiger partial charge in [0.25, 0.3) is 11.8 Å². The van der Waals surface area contributed by atoms with Crippen LogP contribution in [0.25, 0.3) is 0 Å². The molecule has 3 aromatic rings. The summed E-state index contributed by atoms with van der Waals surface area (Å²) in [5.74, 6) is -0.693. The summed E-state index contributed by atoms with van der Waals surface area (Å²) in [4.78, 5) is 25.1. The third-order valence-corrected chi connectivity index (χ3v) is 4.50. The number of benzene rings is 3. The van der Waals surface area contributed by atoms with Crippen LogP contribution in [0.15, 0.2) is 77.3 Å². The topological polar surface area (TPSA) is 58.2 Å². The maximum Gasteiger partial charge on any atom is 0.257 e. The van der Waals surface area contributed by atoms with Gasteiger partial charge in [-0.15, -0.1) is 0 Å². The summed E-state index contributed by atoms with van der Waals surface area (Å²) < 4.78 is 0.919. The molecule has 0 fully saturated rings. The molecule has 0 heterocycles. The van der Waals surface area contributed by atoms with E-state index in [0.717, 1.165) is 4.47 Å². The fraction of sp³-hybridized carbons (Fsp3) is 0. The van der Waals surface area contributed by atoms with Crippen molar-refractivity contribution in [2.45, 2.75) is 0 Å². The summed E-state index contributed by atoms with van der Waals surface area (Å²) in [6, 6.07) is 20.8. The van der Waals surface area contributed by atoms with Crippen LogP contribution < -0.4 is 10.6 Å². The van der Waals surface area contributed by atoms with E-state index in [9.17, 15) is 9.59 Å². The van der Waals surface area contributed by atoms with Crippen molar-refractivity contribution >= 4 is 50.7 Å². The number of halogens is 2. The van der Waals surface area contributed by atoms with Crippen molar-refractivity contribution in [2.75, 3.05) is 10.6 Å². The van der Waals surface area contributed by atoms with Gasteiger partial charge in [-0.2, -0.15) is 0 Å². The minimum Gasteiger partial charge on any atom is -0.322 e. The molecule has 0 spiro atoms. The lowest BCUT2D eigenvalue weighted by molar-refractivity contribution is 0.102. The predicted octanol–water partition coefficient (Wildman–Crippen LogP) is 5.61. The molecular weight excluding hydrogens is 416 g/mol. The molecule has 0 radical (unpaired) electrons. The summed E-state index contributed by atoms with van der Waals surface area (Å²) in [6.45, 7) is 0. The molecule has 4 nitrogen and oxygen atoms in total.